The van der Waals surface area contributed by atoms with E-state index >= 15 is 0 Å². The van der Waals surface area contributed by atoms with Gasteiger partial charge in [-0.1, -0.05) is 72.8 Å². The molecular weight excluding hydrogens is 280 g/mol. The molecule has 0 unspecified atom stereocenters. The summed E-state index contributed by atoms with van der Waals surface area (Å²) in [5.41, 5.74) is 5.39. The molecule has 0 radical (unpaired) electrons. The molecule has 0 bridgehead atoms. The van der Waals surface area contributed by atoms with Crippen molar-refractivity contribution < 1.29 is 5.11 Å². The Hall–Kier alpha value is -2.60. The molecule has 0 aliphatic heterocycles. The highest BCUT2D eigenvalue weighted by atomic mass is 16.3. The quantitative estimate of drug-likeness (QED) is 0.553. The van der Waals surface area contributed by atoms with Crippen molar-refractivity contribution in [2.75, 3.05) is 0 Å². The topological polar surface area (TPSA) is 20.2 Å². The lowest BCUT2D eigenvalue weighted by atomic mass is 9.93. The van der Waals surface area contributed by atoms with Gasteiger partial charge in [0, 0.05) is 5.57 Å². The van der Waals surface area contributed by atoms with Gasteiger partial charge in [-0.25, -0.2) is 0 Å². The molecule has 116 valence electrons. The molecule has 2 aromatic rings. The Kier molecular flexibility index (Phi) is 5.94. The average Bonchev–Trinajstić information content (AvgIpc) is 2.57. The Bertz CT molecular complexity index is 653. The highest BCUT2D eigenvalue weighted by Gasteiger charge is 2.19. The summed E-state index contributed by atoms with van der Waals surface area (Å²) in [6, 6.07) is 20.2. The zero-order chi connectivity index (χ0) is 16.5. The summed E-state index contributed by atoms with van der Waals surface area (Å²) in [4.78, 5) is 0. The van der Waals surface area contributed by atoms with Crippen molar-refractivity contribution in [3.8, 4) is 0 Å². The molecule has 0 heterocycles. The molecule has 0 amide bonds. The molecule has 0 atom stereocenters. The van der Waals surface area contributed by atoms with Crippen LogP contribution in [0.15, 0.2) is 97.8 Å². The lowest BCUT2D eigenvalue weighted by Gasteiger charge is -2.20. The predicted molar refractivity (Wildman–Crippen MR) is 98.1 cm³/mol. The maximum atomic E-state index is 10.7. The lowest BCUT2D eigenvalue weighted by Crippen LogP contribution is -2.23. The number of rotatable bonds is 7. The van der Waals surface area contributed by atoms with E-state index in [-0.39, 0.29) is 0 Å². The van der Waals surface area contributed by atoms with Gasteiger partial charge in [-0.3, -0.25) is 0 Å². The summed E-state index contributed by atoms with van der Waals surface area (Å²) in [7, 11) is 0. The SMILES string of the molecule is C=CCC(O)(C=C=C(c1ccccc1)c1ccccc1)CC=C. The number of aliphatic hydroxyl groups is 1. The van der Waals surface area contributed by atoms with Crippen LogP contribution in [0.2, 0.25) is 0 Å². The largest absolute Gasteiger partial charge is 0.384 e. The molecule has 0 aliphatic carbocycles. The van der Waals surface area contributed by atoms with E-state index in [1.165, 1.54) is 0 Å². The third kappa shape index (κ3) is 4.69. The molecule has 2 rings (SSSR count). The monoisotopic (exact) mass is 302 g/mol. The third-order valence-corrected chi connectivity index (χ3v) is 3.61. The van der Waals surface area contributed by atoms with E-state index in [0.717, 1.165) is 16.7 Å². The number of hydrogen-bond acceptors (Lipinski definition) is 1. The van der Waals surface area contributed by atoms with Gasteiger partial charge in [0.25, 0.3) is 0 Å². The highest BCUT2D eigenvalue weighted by molar-refractivity contribution is 5.79. The van der Waals surface area contributed by atoms with Gasteiger partial charge in [0.2, 0.25) is 0 Å². The summed E-state index contributed by atoms with van der Waals surface area (Å²) in [5, 5.41) is 10.7. The maximum absolute atomic E-state index is 10.7. The van der Waals surface area contributed by atoms with Crippen LogP contribution >= 0.6 is 0 Å². The fraction of sp³-hybridized carbons (Fsp3) is 0.136. The molecule has 23 heavy (non-hydrogen) atoms. The molecule has 0 spiro atoms. The van der Waals surface area contributed by atoms with E-state index in [1.807, 2.05) is 60.7 Å². The van der Waals surface area contributed by atoms with Crippen molar-refractivity contribution in [1.82, 2.24) is 0 Å². The Morgan fingerprint density at radius 3 is 1.70 bits per heavy atom. The second-order valence-corrected chi connectivity index (χ2v) is 5.48. The van der Waals surface area contributed by atoms with Gasteiger partial charge in [0.15, 0.2) is 0 Å². The van der Waals surface area contributed by atoms with Gasteiger partial charge < -0.3 is 5.11 Å². The second-order valence-electron chi connectivity index (χ2n) is 5.48. The zero-order valence-corrected chi connectivity index (χ0v) is 13.3. The first-order valence-electron chi connectivity index (χ1n) is 7.71. The fourth-order valence-corrected chi connectivity index (χ4v) is 2.45. The van der Waals surface area contributed by atoms with E-state index in [4.69, 9.17) is 0 Å². The van der Waals surface area contributed by atoms with Gasteiger partial charge in [-0.2, -0.15) is 0 Å². The van der Waals surface area contributed by atoms with Crippen molar-refractivity contribution in [3.05, 3.63) is 109 Å². The summed E-state index contributed by atoms with van der Waals surface area (Å²) < 4.78 is 0. The van der Waals surface area contributed by atoms with Crippen LogP contribution in [-0.2, 0) is 0 Å². The summed E-state index contributed by atoms with van der Waals surface area (Å²) >= 11 is 0. The first-order chi connectivity index (χ1) is 11.2. The molecular formula is C22H22O. The molecule has 0 fully saturated rings. The van der Waals surface area contributed by atoms with E-state index < -0.39 is 5.60 Å². The van der Waals surface area contributed by atoms with Gasteiger partial charge in [0.05, 0.1) is 5.60 Å². The summed E-state index contributed by atoms with van der Waals surface area (Å²) in [5.74, 6) is 0. The fourth-order valence-electron chi connectivity index (χ4n) is 2.45. The zero-order valence-electron chi connectivity index (χ0n) is 13.3. The highest BCUT2D eigenvalue weighted by Crippen LogP contribution is 2.24. The normalized spacial score (nSPS) is 10.5. The average molecular weight is 302 g/mol. The molecule has 0 aromatic heterocycles. The molecule has 1 nitrogen and oxygen atoms in total. The molecule has 2 aromatic carbocycles. The molecule has 1 heteroatoms. The van der Waals surface area contributed by atoms with Crippen molar-refractivity contribution in [1.29, 1.82) is 0 Å². The standard InChI is InChI=1S/C22H22O/c1-3-16-22(23,17-4-2)18-15-21(19-11-7-5-8-12-19)20-13-9-6-10-14-20/h3-14,18,23H,1-2,16-17H2. The minimum absolute atomic E-state index is 0.461. The van der Waals surface area contributed by atoms with Crippen LogP contribution in [0, 0.1) is 0 Å². The molecule has 0 aliphatic rings. The van der Waals surface area contributed by atoms with Crippen LogP contribution in [-0.4, -0.2) is 10.7 Å². The van der Waals surface area contributed by atoms with E-state index in [2.05, 4.69) is 18.9 Å². The van der Waals surface area contributed by atoms with Crippen molar-refractivity contribution in [3.63, 3.8) is 0 Å². The van der Waals surface area contributed by atoms with Crippen molar-refractivity contribution >= 4 is 5.57 Å². The Balaban J connectivity index is 2.55. The minimum Gasteiger partial charge on any atom is -0.384 e. The van der Waals surface area contributed by atoms with Gasteiger partial charge in [-0.15, -0.1) is 18.9 Å². The first kappa shape index (κ1) is 16.8. The Labute approximate surface area is 138 Å². The molecule has 1 N–H and O–H groups in total. The molecule has 0 saturated carbocycles. The predicted octanol–water partition coefficient (Wildman–Crippen LogP) is 5.16. The van der Waals surface area contributed by atoms with Crippen LogP contribution in [0.1, 0.15) is 24.0 Å². The van der Waals surface area contributed by atoms with Crippen molar-refractivity contribution in [2.45, 2.75) is 18.4 Å². The second kappa shape index (κ2) is 8.14. The Morgan fingerprint density at radius 1 is 0.870 bits per heavy atom. The van der Waals surface area contributed by atoms with E-state index in [1.54, 1.807) is 18.2 Å². The first-order valence-corrected chi connectivity index (χ1v) is 7.71. The summed E-state index contributed by atoms with van der Waals surface area (Å²) in [6.45, 7) is 7.44. The number of benzene rings is 2. The van der Waals surface area contributed by atoms with Crippen LogP contribution in [0.4, 0.5) is 0 Å². The minimum atomic E-state index is -1.00. The van der Waals surface area contributed by atoms with Crippen LogP contribution < -0.4 is 0 Å². The van der Waals surface area contributed by atoms with Gasteiger partial charge in [-0.05, 0) is 30.0 Å². The van der Waals surface area contributed by atoms with Crippen LogP contribution in [0.25, 0.3) is 5.57 Å². The van der Waals surface area contributed by atoms with E-state index in [0.29, 0.717) is 12.8 Å². The smallest absolute Gasteiger partial charge is 0.0969 e. The van der Waals surface area contributed by atoms with Crippen LogP contribution in [0.5, 0.6) is 0 Å². The molecule has 0 saturated heterocycles. The van der Waals surface area contributed by atoms with E-state index in [9.17, 15) is 5.11 Å². The summed E-state index contributed by atoms with van der Waals surface area (Å²) in [6.07, 6.45) is 6.08. The number of hydrogen-bond donors (Lipinski definition) is 1. The lowest BCUT2D eigenvalue weighted by molar-refractivity contribution is 0.0979. The van der Waals surface area contributed by atoms with Gasteiger partial charge >= 0.3 is 0 Å². The third-order valence-electron chi connectivity index (χ3n) is 3.61. The van der Waals surface area contributed by atoms with Crippen molar-refractivity contribution in [2.24, 2.45) is 0 Å². The Morgan fingerprint density at radius 2 is 1.30 bits per heavy atom. The van der Waals surface area contributed by atoms with Gasteiger partial charge in [0.1, 0.15) is 0 Å². The maximum Gasteiger partial charge on any atom is 0.0969 e. The van der Waals surface area contributed by atoms with Crippen LogP contribution in [0.3, 0.4) is 0 Å².